The zero-order valence-electron chi connectivity index (χ0n) is 7.95. The van der Waals surface area contributed by atoms with Crippen LogP contribution in [-0.2, 0) is 9.53 Å². The number of aliphatic carboxylic acids is 1. The van der Waals surface area contributed by atoms with Gasteiger partial charge in [-0.15, -0.1) is 0 Å². The number of hydrogen-bond donors (Lipinski definition) is 2. The second kappa shape index (κ2) is 5.19. The van der Waals surface area contributed by atoms with Crippen LogP contribution in [0.15, 0.2) is 0 Å². The van der Waals surface area contributed by atoms with Crippen LogP contribution in [0, 0.1) is 0 Å². The summed E-state index contributed by atoms with van der Waals surface area (Å²) in [7, 11) is 0. The fraction of sp³-hybridized carbons (Fsp3) is 0.889. The fourth-order valence-electron chi connectivity index (χ4n) is 1.45. The fourth-order valence-corrected chi connectivity index (χ4v) is 1.45. The first-order chi connectivity index (χ1) is 6.20. The van der Waals surface area contributed by atoms with Gasteiger partial charge in [0, 0.05) is 6.54 Å². The lowest BCUT2D eigenvalue weighted by molar-refractivity contribution is -0.152. The first-order valence-electron chi connectivity index (χ1n) is 4.79. The Kier molecular flexibility index (Phi) is 4.18. The van der Waals surface area contributed by atoms with Gasteiger partial charge in [-0.3, -0.25) is 0 Å². The van der Waals surface area contributed by atoms with E-state index >= 15 is 0 Å². The van der Waals surface area contributed by atoms with Crippen molar-refractivity contribution in [2.75, 3.05) is 13.1 Å². The van der Waals surface area contributed by atoms with Crippen LogP contribution in [0.4, 0.5) is 0 Å². The summed E-state index contributed by atoms with van der Waals surface area (Å²) >= 11 is 0. The van der Waals surface area contributed by atoms with Gasteiger partial charge in [-0.25, -0.2) is 4.79 Å². The van der Waals surface area contributed by atoms with E-state index in [4.69, 9.17) is 9.84 Å². The molecule has 1 aliphatic heterocycles. The zero-order valence-corrected chi connectivity index (χ0v) is 7.95. The summed E-state index contributed by atoms with van der Waals surface area (Å²) in [6.07, 6.45) is 2.61. The Balaban J connectivity index is 2.29. The third-order valence-corrected chi connectivity index (χ3v) is 2.25. The van der Waals surface area contributed by atoms with Crippen LogP contribution in [0.25, 0.3) is 0 Å². The molecule has 0 saturated carbocycles. The van der Waals surface area contributed by atoms with Crippen LogP contribution in [0.5, 0.6) is 0 Å². The van der Waals surface area contributed by atoms with Crippen LogP contribution < -0.4 is 5.32 Å². The number of ether oxygens (including phenoxy) is 1. The van der Waals surface area contributed by atoms with Gasteiger partial charge in [0.05, 0.1) is 6.10 Å². The molecule has 2 N–H and O–H groups in total. The Morgan fingerprint density at radius 1 is 1.62 bits per heavy atom. The maximum Gasteiger partial charge on any atom is 0.332 e. The van der Waals surface area contributed by atoms with Gasteiger partial charge in [-0.1, -0.05) is 0 Å². The number of rotatable bonds is 3. The van der Waals surface area contributed by atoms with Gasteiger partial charge in [0.1, 0.15) is 0 Å². The maximum absolute atomic E-state index is 10.5. The predicted octanol–water partition coefficient (Wildman–Crippen LogP) is 0.618. The molecule has 1 rings (SSSR count). The highest BCUT2D eigenvalue weighted by Crippen LogP contribution is 2.09. The molecular weight excluding hydrogens is 170 g/mol. The topological polar surface area (TPSA) is 58.6 Å². The first-order valence-corrected chi connectivity index (χ1v) is 4.79. The molecular formula is C9H17NO3. The molecule has 0 radical (unpaired) electrons. The van der Waals surface area contributed by atoms with E-state index in [0.717, 1.165) is 32.4 Å². The molecule has 0 aromatic rings. The molecule has 4 heteroatoms. The zero-order chi connectivity index (χ0) is 9.68. The van der Waals surface area contributed by atoms with Crippen LogP contribution in [-0.4, -0.2) is 36.4 Å². The summed E-state index contributed by atoms with van der Waals surface area (Å²) < 4.78 is 5.37. The van der Waals surface area contributed by atoms with Crippen molar-refractivity contribution < 1.29 is 14.6 Å². The number of carboxylic acid groups (broad SMARTS) is 1. The summed E-state index contributed by atoms with van der Waals surface area (Å²) in [6.45, 7) is 3.37. The van der Waals surface area contributed by atoms with Gasteiger partial charge in [0.2, 0.25) is 0 Å². The highest BCUT2D eigenvalue weighted by molar-refractivity contribution is 5.71. The van der Waals surface area contributed by atoms with E-state index in [-0.39, 0.29) is 6.10 Å². The highest BCUT2D eigenvalue weighted by Gasteiger charge is 2.19. The van der Waals surface area contributed by atoms with Crippen molar-refractivity contribution >= 4 is 5.97 Å². The quantitative estimate of drug-likeness (QED) is 0.680. The van der Waals surface area contributed by atoms with Crippen molar-refractivity contribution in [3.8, 4) is 0 Å². The van der Waals surface area contributed by atoms with Crippen LogP contribution >= 0.6 is 0 Å². The molecule has 1 fully saturated rings. The van der Waals surface area contributed by atoms with Gasteiger partial charge in [-0.05, 0) is 32.7 Å². The molecule has 0 aromatic carbocycles. The second-order valence-electron chi connectivity index (χ2n) is 3.44. The third kappa shape index (κ3) is 3.74. The second-order valence-corrected chi connectivity index (χ2v) is 3.44. The molecule has 0 spiro atoms. The Morgan fingerprint density at radius 2 is 2.38 bits per heavy atom. The monoisotopic (exact) mass is 187 g/mol. The minimum atomic E-state index is -0.885. The Hall–Kier alpha value is -0.610. The summed E-state index contributed by atoms with van der Waals surface area (Å²) in [5.74, 6) is -0.885. The highest BCUT2D eigenvalue weighted by atomic mass is 16.5. The number of hydrogen-bond acceptors (Lipinski definition) is 3. The van der Waals surface area contributed by atoms with Crippen molar-refractivity contribution in [1.82, 2.24) is 5.32 Å². The van der Waals surface area contributed by atoms with Crippen molar-refractivity contribution in [3.05, 3.63) is 0 Å². The van der Waals surface area contributed by atoms with E-state index in [1.807, 2.05) is 0 Å². The van der Waals surface area contributed by atoms with Crippen LogP contribution in [0.3, 0.4) is 0 Å². The maximum atomic E-state index is 10.5. The minimum absolute atomic E-state index is 0.0635. The van der Waals surface area contributed by atoms with E-state index in [2.05, 4.69) is 5.32 Å². The molecule has 1 saturated heterocycles. The molecule has 0 aliphatic carbocycles. The Bertz CT molecular complexity index is 164. The largest absolute Gasteiger partial charge is 0.479 e. The third-order valence-electron chi connectivity index (χ3n) is 2.25. The van der Waals surface area contributed by atoms with E-state index in [0.29, 0.717) is 0 Å². The molecule has 76 valence electrons. The van der Waals surface area contributed by atoms with Gasteiger partial charge >= 0.3 is 5.97 Å². The van der Waals surface area contributed by atoms with Crippen LogP contribution in [0.1, 0.15) is 26.2 Å². The SMILES string of the molecule is CC(OC1CCCCNC1)C(=O)O. The Morgan fingerprint density at radius 3 is 3.08 bits per heavy atom. The number of carbonyl (C=O) groups is 1. The summed E-state index contributed by atoms with van der Waals surface area (Å²) in [5, 5.41) is 11.9. The molecule has 0 aromatic heterocycles. The van der Waals surface area contributed by atoms with E-state index in [9.17, 15) is 4.79 Å². The van der Waals surface area contributed by atoms with Gasteiger partial charge in [0.25, 0.3) is 0 Å². The smallest absolute Gasteiger partial charge is 0.332 e. The average molecular weight is 187 g/mol. The molecule has 1 heterocycles. The molecule has 1 aliphatic rings. The van der Waals surface area contributed by atoms with E-state index in [1.54, 1.807) is 6.92 Å². The summed E-state index contributed by atoms with van der Waals surface area (Å²) in [5.41, 5.74) is 0. The van der Waals surface area contributed by atoms with Crippen molar-refractivity contribution in [3.63, 3.8) is 0 Å². The lowest BCUT2D eigenvalue weighted by atomic mass is 10.2. The molecule has 13 heavy (non-hydrogen) atoms. The van der Waals surface area contributed by atoms with E-state index < -0.39 is 12.1 Å². The lowest BCUT2D eigenvalue weighted by Gasteiger charge is -2.18. The lowest BCUT2D eigenvalue weighted by Crippen LogP contribution is -2.32. The average Bonchev–Trinajstić information content (AvgIpc) is 2.32. The van der Waals surface area contributed by atoms with Crippen molar-refractivity contribution in [2.24, 2.45) is 0 Å². The standard InChI is InChI=1S/C9H17NO3/c1-7(9(11)12)13-8-4-2-3-5-10-6-8/h7-8,10H,2-6H2,1H3,(H,11,12). The van der Waals surface area contributed by atoms with E-state index in [1.165, 1.54) is 0 Å². The predicted molar refractivity (Wildman–Crippen MR) is 48.7 cm³/mol. The normalized spacial score (nSPS) is 26.4. The van der Waals surface area contributed by atoms with Gasteiger partial charge in [0.15, 0.2) is 6.10 Å². The van der Waals surface area contributed by atoms with Crippen LogP contribution in [0.2, 0.25) is 0 Å². The number of nitrogens with one attached hydrogen (secondary N) is 1. The van der Waals surface area contributed by atoms with Gasteiger partial charge < -0.3 is 15.2 Å². The molecule has 0 amide bonds. The minimum Gasteiger partial charge on any atom is -0.479 e. The van der Waals surface area contributed by atoms with Gasteiger partial charge in [-0.2, -0.15) is 0 Å². The molecule has 2 unspecified atom stereocenters. The molecule has 4 nitrogen and oxygen atoms in total. The summed E-state index contributed by atoms with van der Waals surface area (Å²) in [4.78, 5) is 10.5. The van der Waals surface area contributed by atoms with Crippen molar-refractivity contribution in [1.29, 1.82) is 0 Å². The first kappa shape index (κ1) is 10.5. The number of carboxylic acids is 1. The molecule has 0 bridgehead atoms. The summed E-state index contributed by atoms with van der Waals surface area (Å²) in [6, 6.07) is 0. The molecule has 2 atom stereocenters. The van der Waals surface area contributed by atoms with Crippen molar-refractivity contribution in [2.45, 2.75) is 38.4 Å². The Labute approximate surface area is 78.3 Å².